The maximum Gasteiger partial charge on any atom is 0.264 e. The minimum Gasteiger partial charge on any atom is -0.492 e. The summed E-state index contributed by atoms with van der Waals surface area (Å²) < 4.78 is 34.0. The predicted octanol–water partition coefficient (Wildman–Crippen LogP) is 3.89. The van der Waals surface area contributed by atoms with Crippen molar-refractivity contribution in [2.24, 2.45) is 11.8 Å². The summed E-state index contributed by atoms with van der Waals surface area (Å²) in [5.74, 6) is 1.38. The highest BCUT2D eigenvalue weighted by atomic mass is 32.2. The molecular formula is C24H30N2O4S. The zero-order chi connectivity index (χ0) is 22.0. The lowest BCUT2D eigenvalue weighted by Gasteiger charge is -2.28. The highest BCUT2D eigenvalue weighted by molar-refractivity contribution is 7.92. The highest BCUT2D eigenvalue weighted by Gasteiger charge is 2.40. The Hall–Kier alpha value is -2.54. The van der Waals surface area contributed by atoms with Crippen LogP contribution in [0.3, 0.4) is 0 Å². The molecule has 2 aliphatic rings. The lowest BCUT2D eigenvalue weighted by Crippen LogP contribution is -2.46. The molecule has 0 radical (unpaired) electrons. The smallest absolute Gasteiger partial charge is 0.264 e. The molecule has 2 fully saturated rings. The van der Waals surface area contributed by atoms with Crippen LogP contribution in [0.25, 0.3) is 0 Å². The molecule has 7 heteroatoms. The molecule has 1 N–H and O–H groups in total. The minimum absolute atomic E-state index is 0.150. The summed E-state index contributed by atoms with van der Waals surface area (Å²) in [6, 6.07) is 13.8. The van der Waals surface area contributed by atoms with E-state index in [1.807, 2.05) is 13.8 Å². The number of rotatable bonds is 8. The molecule has 2 saturated carbocycles. The van der Waals surface area contributed by atoms with Gasteiger partial charge in [-0.05, 0) is 69.2 Å². The summed E-state index contributed by atoms with van der Waals surface area (Å²) in [6.45, 7) is 3.86. The van der Waals surface area contributed by atoms with Crippen molar-refractivity contribution in [2.75, 3.05) is 17.5 Å². The second kappa shape index (κ2) is 8.91. The summed E-state index contributed by atoms with van der Waals surface area (Å²) >= 11 is 0. The van der Waals surface area contributed by atoms with Crippen LogP contribution in [0.4, 0.5) is 5.69 Å². The number of amides is 1. The van der Waals surface area contributed by atoms with E-state index in [-0.39, 0.29) is 23.4 Å². The van der Waals surface area contributed by atoms with Crippen molar-refractivity contribution in [3.63, 3.8) is 0 Å². The number of nitrogens with zero attached hydrogens (tertiary/aromatic N) is 1. The number of sulfonamides is 1. The zero-order valence-corrected chi connectivity index (χ0v) is 18.9. The second-order valence-corrected chi connectivity index (χ2v) is 10.4. The standard InChI is InChI=1S/C24H30N2O4S/c1-3-30-23-7-5-4-6-22(23)26(31(28,29)20-12-8-17(2)9-13-20)16-24(27)25-21-15-18-10-11-19(21)14-18/h4-9,12-13,18-19,21H,3,10-11,14-16H2,1-2H3,(H,25,27)/t18-,19-,21+/m1/s1. The molecule has 2 aliphatic carbocycles. The first-order valence-corrected chi connectivity index (χ1v) is 12.4. The fourth-order valence-corrected chi connectivity index (χ4v) is 6.31. The highest BCUT2D eigenvalue weighted by Crippen LogP contribution is 2.44. The van der Waals surface area contributed by atoms with Gasteiger partial charge in [0.1, 0.15) is 12.3 Å². The fourth-order valence-electron chi connectivity index (χ4n) is 4.88. The quantitative estimate of drug-likeness (QED) is 0.673. The van der Waals surface area contributed by atoms with Crippen molar-refractivity contribution in [1.29, 1.82) is 0 Å². The predicted molar refractivity (Wildman–Crippen MR) is 121 cm³/mol. The Labute approximate surface area is 184 Å². The summed E-state index contributed by atoms with van der Waals surface area (Å²) in [5, 5.41) is 3.11. The SMILES string of the molecule is CCOc1ccccc1N(CC(=O)N[C@H]1C[C@@H]2CC[C@@H]1C2)S(=O)(=O)c1ccc(C)cc1. The number of benzene rings is 2. The molecule has 2 aromatic rings. The zero-order valence-electron chi connectivity index (χ0n) is 18.1. The van der Waals surface area contributed by atoms with Crippen LogP contribution in [0.1, 0.15) is 38.2 Å². The molecule has 2 aromatic carbocycles. The van der Waals surface area contributed by atoms with Crippen LogP contribution in [-0.4, -0.2) is 33.5 Å². The van der Waals surface area contributed by atoms with Crippen LogP contribution < -0.4 is 14.4 Å². The third-order valence-corrected chi connectivity index (χ3v) is 8.19. The van der Waals surface area contributed by atoms with Gasteiger partial charge in [-0.1, -0.05) is 36.2 Å². The van der Waals surface area contributed by atoms with Gasteiger partial charge in [0.15, 0.2) is 0 Å². The van der Waals surface area contributed by atoms with Gasteiger partial charge >= 0.3 is 0 Å². The minimum atomic E-state index is -3.96. The van der Waals surface area contributed by atoms with E-state index in [4.69, 9.17) is 4.74 Å². The average molecular weight is 443 g/mol. The molecule has 0 aliphatic heterocycles. The lowest BCUT2D eigenvalue weighted by atomic mass is 9.95. The number of hydrogen-bond donors (Lipinski definition) is 1. The molecule has 2 bridgehead atoms. The van der Waals surface area contributed by atoms with Gasteiger partial charge in [0, 0.05) is 6.04 Å². The fraction of sp³-hybridized carbons (Fsp3) is 0.458. The van der Waals surface area contributed by atoms with Crippen molar-refractivity contribution >= 4 is 21.6 Å². The Kier molecular flexibility index (Phi) is 6.23. The second-order valence-electron chi connectivity index (χ2n) is 8.57. The molecule has 31 heavy (non-hydrogen) atoms. The van der Waals surface area contributed by atoms with E-state index < -0.39 is 10.0 Å². The Morgan fingerprint density at radius 1 is 1.10 bits per heavy atom. The number of fused-ring (bicyclic) bond motifs is 2. The number of hydrogen-bond acceptors (Lipinski definition) is 4. The third-order valence-electron chi connectivity index (χ3n) is 6.41. The summed E-state index contributed by atoms with van der Waals surface area (Å²) in [5.41, 5.74) is 1.34. The van der Waals surface area contributed by atoms with E-state index in [0.29, 0.717) is 29.9 Å². The molecule has 6 nitrogen and oxygen atoms in total. The normalized spacial score (nSPS) is 22.3. The van der Waals surface area contributed by atoms with Gasteiger partial charge in [-0.2, -0.15) is 0 Å². The van der Waals surface area contributed by atoms with Crippen molar-refractivity contribution in [1.82, 2.24) is 5.32 Å². The Balaban J connectivity index is 1.64. The van der Waals surface area contributed by atoms with Crippen molar-refractivity contribution in [3.8, 4) is 5.75 Å². The van der Waals surface area contributed by atoms with Crippen LogP contribution in [-0.2, 0) is 14.8 Å². The molecule has 0 saturated heterocycles. The molecule has 0 aromatic heterocycles. The summed E-state index contributed by atoms with van der Waals surface area (Å²) in [6.07, 6.45) is 4.56. The molecule has 3 atom stereocenters. The molecule has 0 unspecified atom stereocenters. The van der Waals surface area contributed by atoms with Crippen LogP contribution >= 0.6 is 0 Å². The van der Waals surface area contributed by atoms with Crippen molar-refractivity contribution in [2.45, 2.75) is 50.5 Å². The van der Waals surface area contributed by atoms with Gasteiger partial charge in [-0.25, -0.2) is 8.42 Å². The molecule has 0 spiro atoms. The molecular weight excluding hydrogens is 412 g/mol. The molecule has 0 heterocycles. The summed E-state index contributed by atoms with van der Waals surface area (Å²) in [7, 11) is -3.96. The number of aryl methyl sites for hydroxylation is 1. The largest absolute Gasteiger partial charge is 0.492 e. The van der Waals surface area contributed by atoms with Crippen LogP contribution in [0, 0.1) is 18.8 Å². The molecule has 4 rings (SSSR count). The Morgan fingerprint density at radius 3 is 2.48 bits per heavy atom. The number of ether oxygens (including phenoxy) is 1. The number of carbonyl (C=O) groups excluding carboxylic acids is 1. The number of carbonyl (C=O) groups is 1. The van der Waals surface area contributed by atoms with Crippen LogP contribution in [0.15, 0.2) is 53.4 Å². The number of para-hydroxylation sites is 2. The van der Waals surface area contributed by atoms with E-state index in [9.17, 15) is 13.2 Å². The Morgan fingerprint density at radius 2 is 1.84 bits per heavy atom. The number of nitrogens with one attached hydrogen (secondary N) is 1. The topological polar surface area (TPSA) is 75.7 Å². The van der Waals surface area contributed by atoms with Crippen LogP contribution in [0.2, 0.25) is 0 Å². The van der Waals surface area contributed by atoms with Gasteiger partial charge in [-0.3, -0.25) is 9.10 Å². The van der Waals surface area contributed by atoms with E-state index >= 15 is 0 Å². The van der Waals surface area contributed by atoms with E-state index in [2.05, 4.69) is 5.32 Å². The first kappa shape index (κ1) is 21.7. The van der Waals surface area contributed by atoms with E-state index in [1.165, 1.54) is 17.1 Å². The van der Waals surface area contributed by atoms with Crippen LogP contribution in [0.5, 0.6) is 5.75 Å². The first-order chi connectivity index (χ1) is 14.9. The van der Waals surface area contributed by atoms with Gasteiger partial charge in [0.25, 0.3) is 10.0 Å². The van der Waals surface area contributed by atoms with E-state index in [1.54, 1.807) is 48.5 Å². The van der Waals surface area contributed by atoms with Gasteiger partial charge < -0.3 is 10.1 Å². The molecule has 1 amide bonds. The maximum atomic E-state index is 13.6. The van der Waals surface area contributed by atoms with Gasteiger partial charge in [0.05, 0.1) is 17.2 Å². The Bertz CT molecular complexity index is 1040. The lowest BCUT2D eigenvalue weighted by molar-refractivity contribution is -0.120. The van der Waals surface area contributed by atoms with Crippen molar-refractivity contribution in [3.05, 3.63) is 54.1 Å². The average Bonchev–Trinajstić information content (AvgIpc) is 3.36. The summed E-state index contributed by atoms with van der Waals surface area (Å²) in [4.78, 5) is 13.2. The first-order valence-electron chi connectivity index (χ1n) is 11.0. The van der Waals surface area contributed by atoms with Gasteiger partial charge in [0.2, 0.25) is 5.91 Å². The van der Waals surface area contributed by atoms with Gasteiger partial charge in [-0.15, -0.1) is 0 Å². The monoisotopic (exact) mass is 442 g/mol. The number of anilines is 1. The van der Waals surface area contributed by atoms with E-state index in [0.717, 1.165) is 18.4 Å². The molecule has 166 valence electrons. The third kappa shape index (κ3) is 4.56. The van der Waals surface area contributed by atoms with Crippen molar-refractivity contribution < 1.29 is 17.9 Å². The maximum absolute atomic E-state index is 13.6.